The van der Waals surface area contributed by atoms with Crippen LogP contribution in [0, 0.1) is 12.7 Å². The van der Waals surface area contributed by atoms with Crippen LogP contribution in [0.15, 0.2) is 66.7 Å². The van der Waals surface area contributed by atoms with E-state index < -0.39 is 53.7 Å². The molecule has 0 heterocycles. The molecule has 4 N–H and O–H groups in total. The van der Waals surface area contributed by atoms with Crippen LogP contribution in [-0.4, -0.2) is 25.4 Å². The van der Waals surface area contributed by atoms with Crippen LogP contribution >= 0.6 is 0 Å². The lowest BCUT2D eigenvalue weighted by molar-refractivity contribution is -0.187. The lowest BCUT2D eigenvalue weighted by Gasteiger charge is -2.19. The van der Waals surface area contributed by atoms with Gasteiger partial charge in [0.1, 0.15) is 5.75 Å². The van der Waals surface area contributed by atoms with E-state index in [1.165, 1.54) is 18.2 Å². The van der Waals surface area contributed by atoms with Crippen LogP contribution in [0.3, 0.4) is 0 Å². The van der Waals surface area contributed by atoms with Crippen molar-refractivity contribution in [2.75, 3.05) is 24.7 Å². The number of hydrogen-bond donors (Lipinski definition) is 2. The van der Waals surface area contributed by atoms with Gasteiger partial charge in [0.05, 0.1) is 12.2 Å². The predicted molar refractivity (Wildman–Crippen MR) is 132 cm³/mol. The van der Waals surface area contributed by atoms with Crippen LogP contribution in [0.25, 0.3) is 6.08 Å². The number of halogens is 6. The van der Waals surface area contributed by atoms with Gasteiger partial charge in [0.2, 0.25) is 0 Å². The van der Waals surface area contributed by atoms with Gasteiger partial charge in [-0.25, -0.2) is 9.18 Å². The molecule has 1 atom stereocenters. The first-order valence-corrected chi connectivity index (χ1v) is 11.2. The first kappa shape index (κ1) is 29.2. The molecular weight excluding hydrogens is 530 g/mol. The van der Waals surface area contributed by atoms with Crippen LogP contribution in [0.4, 0.5) is 37.7 Å². The maximum Gasteiger partial charge on any atom is 0.426 e. The van der Waals surface area contributed by atoms with Crippen molar-refractivity contribution in [3.8, 4) is 11.5 Å². The second kappa shape index (κ2) is 12.0. The van der Waals surface area contributed by atoms with Crippen molar-refractivity contribution in [1.29, 1.82) is 0 Å². The number of benzene rings is 3. The van der Waals surface area contributed by atoms with Gasteiger partial charge in [-0.2, -0.15) is 22.0 Å². The quantitative estimate of drug-likeness (QED) is 0.134. The molecule has 0 fully saturated rings. The molecule has 0 saturated heterocycles. The third kappa shape index (κ3) is 8.59. The van der Waals surface area contributed by atoms with Crippen molar-refractivity contribution >= 4 is 23.4 Å². The van der Waals surface area contributed by atoms with Crippen molar-refractivity contribution < 1.29 is 45.3 Å². The van der Waals surface area contributed by atoms with Gasteiger partial charge >= 0.3 is 18.3 Å². The Morgan fingerprint density at radius 1 is 0.974 bits per heavy atom. The molecule has 6 nitrogen and oxygen atoms in total. The highest BCUT2D eigenvalue weighted by atomic mass is 19.4. The van der Waals surface area contributed by atoms with Crippen LogP contribution in [0.2, 0.25) is 0 Å². The molecule has 0 amide bonds. The molecule has 0 aliphatic carbocycles. The largest absolute Gasteiger partial charge is 0.484 e. The Morgan fingerprint density at radius 3 is 2.28 bits per heavy atom. The minimum absolute atomic E-state index is 0.0637. The minimum Gasteiger partial charge on any atom is -0.484 e. The highest BCUT2D eigenvalue weighted by molar-refractivity contribution is 5.87. The summed E-state index contributed by atoms with van der Waals surface area (Å²) in [6.07, 6.45) is -6.20. The van der Waals surface area contributed by atoms with Gasteiger partial charge in [-0.05, 0) is 60.5 Å². The maximum atomic E-state index is 14.6. The summed E-state index contributed by atoms with van der Waals surface area (Å²) >= 11 is 0. The number of hydrogen-bond acceptors (Lipinski definition) is 6. The third-order valence-corrected chi connectivity index (χ3v) is 5.18. The van der Waals surface area contributed by atoms with Crippen molar-refractivity contribution in [2.24, 2.45) is 0 Å². The molecule has 1 unspecified atom stereocenters. The monoisotopic (exact) mass is 553 g/mol. The molecule has 12 heteroatoms. The molecule has 1 radical (unpaired) electrons. The Bertz CT molecular complexity index is 1330. The maximum absolute atomic E-state index is 14.6. The predicted octanol–water partition coefficient (Wildman–Crippen LogP) is 6.23. The summed E-state index contributed by atoms with van der Waals surface area (Å²) in [5, 5.41) is 0. The Hall–Kier alpha value is -4.35. The Balaban J connectivity index is 1.56. The van der Waals surface area contributed by atoms with Crippen molar-refractivity contribution in [2.45, 2.75) is 18.2 Å². The summed E-state index contributed by atoms with van der Waals surface area (Å²) in [6, 6.07) is 11.5. The fraction of sp³-hybridized carbons (Fsp3) is 0.185. The fourth-order valence-corrected chi connectivity index (χ4v) is 3.25. The van der Waals surface area contributed by atoms with Gasteiger partial charge in [-0.1, -0.05) is 18.2 Å². The number of esters is 1. The zero-order valence-electron chi connectivity index (χ0n) is 20.2. The first-order valence-electron chi connectivity index (χ1n) is 11.2. The molecule has 39 heavy (non-hydrogen) atoms. The van der Waals surface area contributed by atoms with E-state index >= 15 is 0 Å². The fourth-order valence-electron chi connectivity index (χ4n) is 3.25. The first-order chi connectivity index (χ1) is 18.2. The molecule has 0 saturated carbocycles. The highest BCUT2D eigenvalue weighted by Gasteiger charge is 2.35. The molecular formula is C27H23F6N2O4. The second-order valence-corrected chi connectivity index (χ2v) is 8.29. The summed E-state index contributed by atoms with van der Waals surface area (Å²) in [4.78, 5) is 12.0. The lowest BCUT2D eigenvalue weighted by Crippen LogP contribution is -2.22. The number of nitrogens with two attached hydrogens (primary N) is 2. The van der Waals surface area contributed by atoms with Crippen molar-refractivity contribution in [3.05, 3.63) is 96.2 Å². The van der Waals surface area contributed by atoms with Crippen molar-refractivity contribution in [1.82, 2.24) is 0 Å². The van der Waals surface area contributed by atoms with Gasteiger partial charge in [-0.15, -0.1) is 0 Å². The number of alkyl halides is 5. The van der Waals surface area contributed by atoms with Crippen LogP contribution in [-0.2, 0) is 15.6 Å². The smallest absolute Gasteiger partial charge is 0.426 e. The summed E-state index contributed by atoms with van der Waals surface area (Å²) in [7, 11) is 0. The Morgan fingerprint density at radius 2 is 1.67 bits per heavy atom. The van der Waals surface area contributed by atoms with E-state index in [2.05, 4.69) is 16.4 Å². The number of anilines is 2. The topological polar surface area (TPSA) is 96.8 Å². The van der Waals surface area contributed by atoms with Gasteiger partial charge in [0, 0.05) is 29.4 Å². The second-order valence-electron chi connectivity index (χ2n) is 8.29. The summed E-state index contributed by atoms with van der Waals surface area (Å²) in [6.45, 7) is 2.17. The van der Waals surface area contributed by atoms with Gasteiger partial charge in [0.15, 0.2) is 18.2 Å². The molecule has 3 aromatic rings. The summed E-state index contributed by atoms with van der Waals surface area (Å²) < 4.78 is 93.8. The lowest BCUT2D eigenvalue weighted by atomic mass is 10.00. The number of ether oxygens (including phenoxy) is 3. The zero-order valence-corrected chi connectivity index (χ0v) is 20.2. The average Bonchev–Trinajstić information content (AvgIpc) is 2.86. The van der Waals surface area contributed by atoms with E-state index in [-0.39, 0.29) is 6.61 Å². The number of nitrogen functional groups attached to an aromatic ring is 2. The molecule has 0 bridgehead atoms. The average molecular weight is 553 g/mol. The number of carbonyl (C=O) groups is 1. The molecule has 3 rings (SSSR count). The SMILES string of the molecule is [CH2]C(COC(=O)/C=C/c1ccc(C(F)(F)Oc2ccc(OCC(F)(F)F)cc2F)cc1)c1ccc(N)cc1N. The zero-order chi connectivity index (χ0) is 28.8. The minimum atomic E-state index is -4.65. The molecule has 3 aromatic carbocycles. The van der Waals surface area contributed by atoms with E-state index in [1.807, 2.05) is 0 Å². The highest BCUT2D eigenvalue weighted by Crippen LogP contribution is 2.34. The molecule has 0 spiro atoms. The van der Waals surface area contributed by atoms with Crippen LogP contribution in [0.5, 0.6) is 11.5 Å². The van der Waals surface area contributed by atoms with Crippen molar-refractivity contribution in [3.63, 3.8) is 0 Å². The molecule has 0 aliphatic rings. The standard InChI is InChI=1S/C27H23F6N2O4/c1-16(21-9-7-19(34)12-23(21)35)14-37-25(36)11-4-17-2-5-18(6-3-17)27(32,33)39-24-10-8-20(13-22(24)28)38-15-26(29,30)31/h2-13,16H,1,14-15,34-35H2/b11-4+. The molecule has 207 valence electrons. The third-order valence-electron chi connectivity index (χ3n) is 5.18. The summed E-state index contributed by atoms with van der Waals surface area (Å²) in [5.41, 5.74) is 12.8. The summed E-state index contributed by atoms with van der Waals surface area (Å²) in [5.74, 6) is -3.88. The van der Waals surface area contributed by atoms with Crippen LogP contribution < -0.4 is 20.9 Å². The Kier molecular flexibility index (Phi) is 9.00. The van der Waals surface area contributed by atoms with E-state index in [0.29, 0.717) is 28.6 Å². The normalized spacial score (nSPS) is 12.8. The molecule has 0 aliphatic heterocycles. The van der Waals surface area contributed by atoms with E-state index in [0.717, 1.165) is 30.3 Å². The van der Waals surface area contributed by atoms with E-state index in [9.17, 15) is 31.1 Å². The van der Waals surface area contributed by atoms with E-state index in [4.69, 9.17) is 16.2 Å². The van der Waals surface area contributed by atoms with Gasteiger partial charge < -0.3 is 25.7 Å². The van der Waals surface area contributed by atoms with Gasteiger partial charge in [0.25, 0.3) is 0 Å². The van der Waals surface area contributed by atoms with Crippen LogP contribution in [0.1, 0.15) is 22.6 Å². The molecule has 0 aromatic heterocycles. The number of carbonyl (C=O) groups excluding carboxylic acids is 1. The number of rotatable bonds is 10. The Labute approximate surface area is 219 Å². The van der Waals surface area contributed by atoms with Gasteiger partial charge in [-0.3, -0.25) is 0 Å². The van der Waals surface area contributed by atoms with E-state index in [1.54, 1.807) is 18.2 Å².